The van der Waals surface area contributed by atoms with Crippen molar-refractivity contribution in [3.63, 3.8) is 0 Å². The summed E-state index contributed by atoms with van der Waals surface area (Å²) in [6.45, 7) is 2.00. The molecule has 1 aromatic heterocycles. The fourth-order valence-electron chi connectivity index (χ4n) is 1.43. The average Bonchev–Trinajstić information content (AvgIpc) is 2.30. The number of benzene rings is 1. The topological polar surface area (TPSA) is 70.7 Å². The summed E-state index contributed by atoms with van der Waals surface area (Å²) in [5.74, 6) is 0.472. The van der Waals surface area contributed by atoms with Crippen LogP contribution in [-0.4, -0.2) is 15.2 Å². The van der Waals surface area contributed by atoms with E-state index >= 15 is 0 Å². The number of aromatic amines is 1. The number of hydrogen-bond donors (Lipinski definition) is 2. The first-order valence-electron chi connectivity index (χ1n) is 4.99. The third kappa shape index (κ3) is 2.44. The number of anilines is 1. The van der Waals surface area contributed by atoms with Crippen LogP contribution in [-0.2, 0) is 0 Å². The van der Waals surface area contributed by atoms with Gasteiger partial charge in [-0.3, -0.25) is 0 Å². The van der Waals surface area contributed by atoms with E-state index in [2.05, 4.69) is 20.5 Å². The van der Waals surface area contributed by atoms with Crippen molar-refractivity contribution in [3.8, 4) is 0 Å². The van der Waals surface area contributed by atoms with Gasteiger partial charge in [-0.15, -0.1) is 0 Å². The van der Waals surface area contributed by atoms with E-state index < -0.39 is 5.69 Å². The van der Waals surface area contributed by atoms with Crippen LogP contribution in [0.25, 0.3) is 0 Å². The minimum Gasteiger partial charge on any atom is -0.362 e. The Balaban J connectivity index is 2.14. The summed E-state index contributed by atoms with van der Waals surface area (Å²) in [4.78, 5) is 14.7. The Kier molecular flexibility index (Phi) is 2.95. The highest BCUT2D eigenvalue weighted by atomic mass is 16.1. The number of nitrogens with one attached hydrogen (secondary N) is 2. The van der Waals surface area contributed by atoms with Crippen LogP contribution in [0.2, 0.25) is 0 Å². The van der Waals surface area contributed by atoms with Crippen molar-refractivity contribution in [3.05, 3.63) is 52.6 Å². The second-order valence-corrected chi connectivity index (χ2v) is 3.45. The molecule has 0 saturated heterocycles. The Morgan fingerprint density at radius 3 is 2.75 bits per heavy atom. The molecular weight excluding hydrogens is 204 g/mol. The molecule has 0 spiro atoms. The maximum atomic E-state index is 10.9. The molecule has 5 nitrogen and oxygen atoms in total. The number of hydrogen-bond acceptors (Lipinski definition) is 4. The van der Waals surface area contributed by atoms with Crippen LogP contribution in [0.15, 0.2) is 41.3 Å². The molecule has 1 atom stereocenters. The van der Waals surface area contributed by atoms with Gasteiger partial charge in [0, 0.05) is 6.04 Å². The molecule has 1 aromatic carbocycles. The summed E-state index contributed by atoms with van der Waals surface area (Å²) < 4.78 is 0. The Labute approximate surface area is 92.6 Å². The first kappa shape index (κ1) is 10.4. The Morgan fingerprint density at radius 2 is 2.06 bits per heavy atom. The zero-order valence-electron chi connectivity index (χ0n) is 8.84. The molecule has 0 fully saturated rings. The molecule has 0 amide bonds. The highest BCUT2D eigenvalue weighted by molar-refractivity contribution is 5.34. The van der Waals surface area contributed by atoms with Crippen molar-refractivity contribution in [2.24, 2.45) is 0 Å². The summed E-state index contributed by atoms with van der Waals surface area (Å²) in [6, 6.07) is 10.0. The highest BCUT2D eigenvalue weighted by Gasteiger charge is 2.05. The van der Waals surface area contributed by atoms with Gasteiger partial charge in [-0.25, -0.2) is 9.89 Å². The smallest absolute Gasteiger partial charge is 0.362 e. The summed E-state index contributed by atoms with van der Waals surface area (Å²) in [6.07, 6.45) is 1.49. The van der Waals surface area contributed by atoms with Gasteiger partial charge in [0.15, 0.2) is 5.82 Å². The lowest BCUT2D eigenvalue weighted by molar-refractivity contribution is 0.845. The van der Waals surface area contributed by atoms with E-state index in [1.807, 2.05) is 37.3 Å². The summed E-state index contributed by atoms with van der Waals surface area (Å²) >= 11 is 0. The van der Waals surface area contributed by atoms with Crippen molar-refractivity contribution in [2.45, 2.75) is 13.0 Å². The third-order valence-corrected chi connectivity index (χ3v) is 2.23. The van der Waals surface area contributed by atoms with Gasteiger partial charge in [0.25, 0.3) is 0 Å². The van der Waals surface area contributed by atoms with E-state index in [1.165, 1.54) is 6.20 Å². The SMILES string of the molecule is CC(Nc1cn[nH]c(=O)n1)c1ccccc1. The number of rotatable bonds is 3. The van der Waals surface area contributed by atoms with Gasteiger partial charge >= 0.3 is 5.69 Å². The number of H-pyrrole nitrogens is 1. The molecule has 0 bridgehead atoms. The molecule has 1 unspecified atom stereocenters. The molecule has 2 rings (SSSR count). The van der Waals surface area contributed by atoms with Gasteiger partial charge in [0.2, 0.25) is 0 Å². The van der Waals surface area contributed by atoms with Crippen LogP contribution < -0.4 is 11.0 Å². The summed E-state index contributed by atoms with van der Waals surface area (Å²) in [5, 5.41) is 9.00. The number of nitrogens with zero attached hydrogens (tertiary/aromatic N) is 2. The molecule has 1 heterocycles. The monoisotopic (exact) mass is 216 g/mol. The largest absolute Gasteiger partial charge is 0.363 e. The zero-order valence-corrected chi connectivity index (χ0v) is 8.84. The minimum absolute atomic E-state index is 0.0808. The van der Waals surface area contributed by atoms with Crippen molar-refractivity contribution in [1.29, 1.82) is 0 Å². The maximum Gasteiger partial charge on any atom is 0.363 e. The van der Waals surface area contributed by atoms with Gasteiger partial charge in [0.05, 0.1) is 6.20 Å². The lowest BCUT2D eigenvalue weighted by atomic mass is 10.1. The molecule has 0 aliphatic heterocycles. The van der Waals surface area contributed by atoms with Crippen LogP contribution in [0.3, 0.4) is 0 Å². The van der Waals surface area contributed by atoms with Crippen molar-refractivity contribution in [1.82, 2.24) is 15.2 Å². The lowest BCUT2D eigenvalue weighted by Crippen LogP contribution is -2.16. The molecule has 16 heavy (non-hydrogen) atoms. The molecule has 0 aliphatic carbocycles. The number of aromatic nitrogens is 3. The summed E-state index contributed by atoms with van der Waals surface area (Å²) in [7, 11) is 0. The van der Waals surface area contributed by atoms with Crippen molar-refractivity contribution in [2.75, 3.05) is 5.32 Å². The average molecular weight is 216 g/mol. The van der Waals surface area contributed by atoms with Gasteiger partial charge in [0.1, 0.15) is 0 Å². The minimum atomic E-state index is -0.453. The van der Waals surface area contributed by atoms with Gasteiger partial charge < -0.3 is 5.32 Å². The Morgan fingerprint density at radius 1 is 1.31 bits per heavy atom. The van der Waals surface area contributed by atoms with E-state index in [9.17, 15) is 4.79 Å². The normalized spacial score (nSPS) is 12.1. The molecule has 2 aromatic rings. The van der Waals surface area contributed by atoms with Crippen LogP contribution in [0.1, 0.15) is 18.5 Å². The summed E-state index contributed by atoms with van der Waals surface area (Å²) in [5.41, 5.74) is 0.676. The fraction of sp³-hybridized carbons (Fsp3) is 0.182. The second kappa shape index (κ2) is 4.57. The molecule has 82 valence electrons. The predicted molar refractivity (Wildman–Crippen MR) is 61.1 cm³/mol. The molecular formula is C11H12N4O. The quantitative estimate of drug-likeness (QED) is 0.812. The van der Waals surface area contributed by atoms with E-state index in [-0.39, 0.29) is 6.04 Å². The van der Waals surface area contributed by atoms with Gasteiger partial charge in [-0.05, 0) is 12.5 Å². The van der Waals surface area contributed by atoms with Crippen LogP contribution >= 0.6 is 0 Å². The molecule has 2 N–H and O–H groups in total. The van der Waals surface area contributed by atoms with E-state index in [4.69, 9.17) is 0 Å². The van der Waals surface area contributed by atoms with Gasteiger partial charge in [-0.2, -0.15) is 10.1 Å². The Bertz CT molecular complexity index is 509. The van der Waals surface area contributed by atoms with Crippen molar-refractivity contribution < 1.29 is 0 Å². The van der Waals surface area contributed by atoms with Crippen LogP contribution in [0, 0.1) is 0 Å². The fourth-order valence-corrected chi connectivity index (χ4v) is 1.43. The predicted octanol–water partition coefficient (Wildman–Crippen LogP) is 1.34. The van der Waals surface area contributed by atoms with Gasteiger partial charge in [-0.1, -0.05) is 30.3 Å². The van der Waals surface area contributed by atoms with Crippen molar-refractivity contribution >= 4 is 5.82 Å². The molecule has 0 radical (unpaired) electrons. The van der Waals surface area contributed by atoms with E-state index in [1.54, 1.807) is 0 Å². The molecule has 5 heteroatoms. The molecule has 0 aliphatic rings. The van der Waals surface area contributed by atoms with Crippen LogP contribution in [0.5, 0.6) is 0 Å². The zero-order chi connectivity index (χ0) is 11.4. The van der Waals surface area contributed by atoms with E-state index in [0.717, 1.165) is 5.56 Å². The first-order valence-corrected chi connectivity index (χ1v) is 4.99. The highest BCUT2D eigenvalue weighted by Crippen LogP contribution is 2.15. The Hall–Kier alpha value is -2.17. The van der Waals surface area contributed by atoms with Crippen LogP contribution in [0.4, 0.5) is 5.82 Å². The first-order chi connectivity index (χ1) is 7.75. The van der Waals surface area contributed by atoms with E-state index in [0.29, 0.717) is 5.82 Å². The lowest BCUT2D eigenvalue weighted by Gasteiger charge is -2.13. The standard InChI is InChI=1S/C11H12N4O/c1-8(9-5-3-2-4-6-9)13-10-7-12-15-11(16)14-10/h2-8H,1H3,(H2,13,14,15,16). The third-order valence-electron chi connectivity index (χ3n) is 2.23. The maximum absolute atomic E-state index is 10.9. The molecule has 0 saturated carbocycles. The second-order valence-electron chi connectivity index (χ2n) is 3.45.